The van der Waals surface area contributed by atoms with Crippen LogP contribution in [-0.2, 0) is 0 Å². The van der Waals surface area contributed by atoms with E-state index in [0.717, 1.165) is 22.7 Å². The highest BCUT2D eigenvalue weighted by molar-refractivity contribution is 5.80. The van der Waals surface area contributed by atoms with Crippen molar-refractivity contribution in [3.8, 4) is 0 Å². The Bertz CT molecular complexity index is 525. The van der Waals surface area contributed by atoms with Crippen molar-refractivity contribution in [3.05, 3.63) is 18.2 Å². The van der Waals surface area contributed by atoms with Crippen molar-refractivity contribution >= 4 is 22.7 Å². The Labute approximate surface area is 101 Å². The van der Waals surface area contributed by atoms with Crippen molar-refractivity contribution in [2.45, 2.75) is 31.7 Å². The lowest BCUT2D eigenvalue weighted by molar-refractivity contribution is 0.642. The lowest BCUT2D eigenvalue weighted by Gasteiger charge is -2.23. The molecule has 0 unspecified atom stereocenters. The molecule has 0 aliphatic heterocycles. The summed E-state index contributed by atoms with van der Waals surface area (Å²) in [5.74, 6) is 0.956. The Kier molecular flexibility index (Phi) is 2.42. The third-order valence-electron chi connectivity index (χ3n) is 3.70. The Morgan fingerprint density at radius 1 is 1.35 bits per heavy atom. The molecule has 0 amide bonds. The number of nitrogens with one attached hydrogen (secondary N) is 1. The molecule has 0 spiro atoms. The number of hydrogen-bond donors (Lipinski definition) is 2. The molecular formula is C13H18N4. The van der Waals surface area contributed by atoms with Crippen molar-refractivity contribution in [2.75, 3.05) is 17.7 Å². The summed E-state index contributed by atoms with van der Waals surface area (Å²) >= 11 is 0. The molecule has 0 atom stereocenters. The number of nitrogens with zero attached hydrogens (tertiary/aromatic N) is 2. The predicted molar refractivity (Wildman–Crippen MR) is 71.2 cm³/mol. The number of nitrogens with two attached hydrogens (primary N) is 1. The molecule has 17 heavy (non-hydrogen) atoms. The normalized spacial score (nSPS) is 16.8. The van der Waals surface area contributed by atoms with E-state index in [1.165, 1.54) is 25.7 Å². The summed E-state index contributed by atoms with van der Waals surface area (Å²) < 4.78 is 0. The van der Waals surface area contributed by atoms with Gasteiger partial charge < -0.3 is 15.6 Å². The number of aromatic nitrogens is 2. The molecule has 0 radical (unpaired) electrons. The van der Waals surface area contributed by atoms with Gasteiger partial charge in [-0.25, -0.2) is 4.98 Å². The Morgan fingerprint density at radius 3 is 2.88 bits per heavy atom. The molecule has 0 bridgehead atoms. The zero-order valence-corrected chi connectivity index (χ0v) is 10.1. The maximum absolute atomic E-state index is 5.77. The second-order valence-corrected chi connectivity index (χ2v) is 4.89. The predicted octanol–water partition coefficient (Wildman–Crippen LogP) is 2.52. The third kappa shape index (κ3) is 1.84. The molecule has 1 fully saturated rings. The first-order valence-electron chi connectivity index (χ1n) is 6.22. The third-order valence-corrected chi connectivity index (χ3v) is 3.70. The minimum Gasteiger partial charge on any atom is -0.399 e. The van der Waals surface area contributed by atoms with Crippen molar-refractivity contribution in [1.82, 2.24) is 9.97 Å². The van der Waals surface area contributed by atoms with E-state index in [0.29, 0.717) is 6.04 Å². The standard InChI is InChI=1S/C13H18N4/c1-17(10-4-2-3-5-10)13-15-11-7-6-9(14)8-12(11)16-13/h6-8,10H,2-5,14H2,1H3,(H,15,16). The van der Waals surface area contributed by atoms with Gasteiger partial charge in [-0.1, -0.05) is 12.8 Å². The van der Waals surface area contributed by atoms with Crippen LogP contribution in [0.25, 0.3) is 11.0 Å². The number of benzene rings is 1. The van der Waals surface area contributed by atoms with Crippen molar-refractivity contribution in [2.24, 2.45) is 0 Å². The minimum atomic E-state index is 0.632. The van der Waals surface area contributed by atoms with Gasteiger partial charge in [-0.15, -0.1) is 0 Å². The van der Waals surface area contributed by atoms with Crippen molar-refractivity contribution in [3.63, 3.8) is 0 Å². The van der Waals surface area contributed by atoms with E-state index in [4.69, 9.17) is 5.73 Å². The summed E-state index contributed by atoms with van der Waals surface area (Å²) in [5.41, 5.74) is 8.55. The first-order valence-corrected chi connectivity index (χ1v) is 6.22. The number of nitrogen functional groups attached to an aromatic ring is 1. The maximum Gasteiger partial charge on any atom is 0.203 e. The van der Waals surface area contributed by atoms with Crippen LogP contribution in [0.4, 0.5) is 11.6 Å². The number of rotatable bonds is 2. The van der Waals surface area contributed by atoms with Gasteiger partial charge in [-0.3, -0.25) is 0 Å². The van der Waals surface area contributed by atoms with Crippen LogP contribution in [0, 0.1) is 0 Å². The van der Waals surface area contributed by atoms with Crippen LogP contribution in [0.1, 0.15) is 25.7 Å². The van der Waals surface area contributed by atoms with Gasteiger partial charge in [0.15, 0.2) is 0 Å². The van der Waals surface area contributed by atoms with Gasteiger partial charge in [0.05, 0.1) is 11.0 Å². The molecule has 2 aromatic rings. The zero-order chi connectivity index (χ0) is 11.8. The van der Waals surface area contributed by atoms with Gasteiger partial charge in [0.25, 0.3) is 0 Å². The van der Waals surface area contributed by atoms with Crippen LogP contribution < -0.4 is 10.6 Å². The molecule has 1 aliphatic carbocycles. The van der Waals surface area contributed by atoms with Crippen LogP contribution in [0.2, 0.25) is 0 Å². The Morgan fingerprint density at radius 2 is 2.12 bits per heavy atom. The van der Waals surface area contributed by atoms with Crippen LogP contribution in [-0.4, -0.2) is 23.1 Å². The fourth-order valence-electron chi connectivity index (χ4n) is 2.65. The average molecular weight is 230 g/mol. The fraction of sp³-hybridized carbons (Fsp3) is 0.462. The Balaban J connectivity index is 1.94. The molecule has 4 nitrogen and oxygen atoms in total. The van der Waals surface area contributed by atoms with Gasteiger partial charge in [0.2, 0.25) is 5.95 Å². The largest absolute Gasteiger partial charge is 0.399 e. The smallest absolute Gasteiger partial charge is 0.203 e. The highest BCUT2D eigenvalue weighted by atomic mass is 15.3. The van der Waals surface area contributed by atoms with Crippen LogP contribution in [0.5, 0.6) is 0 Å². The number of fused-ring (bicyclic) bond motifs is 1. The maximum atomic E-state index is 5.77. The van der Waals surface area contributed by atoms with Gasteiger partial charge in [-0.2, -0.15) is 0 Å². The lowest BCUT2D eigenvalue weighted by atomic mass is 10.2. The summed E-state index contributed by atoms with van der Waals surface area (Å²) in [5, 5.41) is 0. The van der Waals surface area contributed by atoms with Crippen LogP contribution in [0.15, 0.2) is 18.2 Å². The first-order chi connectivity index (χ1) is 8.24. The number of hydrogen-bond acceptors (Lipinski definition) is 3. The average Bonchev–Trinajstić information content (AvgIpc) is 2.96. The first kappa shape index (κ1) is 10.4. The van der Waals surface area contributed by atoms with E-state index >= 15 is 0 Å². The van der Waals surface area contributed by atoms with Gasteiger partial charge in [0, 0.05) is 18.8 Å². The van der Waals surface area contributed by atoms with E-state index in [2.05, 4.69) is 21.9 Å². The van der Waals surface area contributed by atoms with E-state index in [9.17, 15) is 0 Å². The van der Waals surface area contributed by atoms with Gasteiger partial charge in [-0.05, 0) is 31.0 Å². The van der Waals surface area contributed by atoms with Gasteiger partial charge in [0.1, 0.15) is 0 Å². The van der Waals surface area contributed by atoms with Crippen LogP contribution >= 0.6 is 0 Å². The van der Waals surface area contributed by atoms with Gasteiger partial charge >= 0.3 is 0 Å². The summed E-state index contributed by atoms with van der Waals surface area (Å²) in [7, 11) is 2.12. The van der Waals surface area contributed by atoms with E-state index in [1.807, 2.05) is 18.2 Å². The summed E-state index contributed by atoms with van der Waals surface area (Å²) in [4.78, 5) is 10.2. The minimum absolute atomic E-state index is 0.632. The molecule has 1 aromatic carbocycles. The molecule has 1 saturated carbocycles. The molecular weight excluding hydrogens is 212 g/mol. The summed E-state index contributed by atoms with van der Waals surface area (Å²) in [6.07, 6.45) is 5.22. The number of aromatic amines is 1. The number of H-pyrrole nitrogens is 1. The second-order valence-electron chi connectivity index (χ2n) is 4.89. The van der Waals surface area contributed by atoms with Crippen molar-refractivity contribution < 1.29 is 0 Å². The monoisotopic (exact) mass is 230 g/mol. The summed E-state index contributed by atoms with van der Waals surface area (Å²) in [6, 6.07) is 6.43. The molecule has 3 rings (SSSR count). The molecule has 1 heterocycles. The molecule has 4 heteroatoms. The highest BCUT2D eigenvalue weighted by Gasteiger charge is 2.21. The quantitative estimate of drug-likeness (QED) is 0.779. The van der Waals surface area contributed by atoms with E-state index < -0.39 is 0 Å². The SMILES string of the molecule is CN(c1nc2ccc(N)cc2[nH]1)C1CCCC1. The second kappa shape index (κ2) is 3.95. The van der Waals surface area contributed by atoms with Crippen molar-refractivity contribution in [1.29, 1.82) is 0 Å². The molecule has 1 aliphatic rings. The lowest BCUT2D eigenvalue weighted by Crippen LogP contribution is -2.29. The van der Waals surface area contributed by atoms with Crippen LogP contribution in [0.3, 0.4) is 0 Å². The fourth-order valence-corrected chi connectivity index (χ4v) is 2.65. The molecule has 3 N–H and O–H groups in total. The molecule has 0 saturated heterocycles. The highest BCUT2D eigenvalue weighted by Crippen LogP contribution is 2.27. The van der Waals surface area contributed by atoms with E-state index in [1.54, 1.807) is 0 Å². The topological polar surface area (TPSA) is 57.9 Å². The summed E-state index contributed by atoms with van der Waals surface area (Å²) in [6.45, 7) is 0. The molecule has 90 valence electrons. The zero-order valence-electron chi connectivity index (χ0n) is 10.1. The number of anilines is 2. The number of imidazole rings is 1. The molecule has 1 aromatic heterocycles. The Hall–Kier alpha value is -1.71. The van der Waals surface area contributed by atoms with E-state index in [-0.39, 0.29) is 0 Å².